The molecule has 112 valence electrons. The molecule has 1 unspecified atom stereocenters. The maximum absolute atomic E-state index is 11.1. The second-order valence-electron chi connectivity index (χ2n) is 4.67. The smallest absolute Gasteiger partial charge is 0.319 e. The van der Waals surface area contributed by atoms with E-state index in [1.54, 1.807) is 6.92 Å². The van der Waals surface area contributed by atoms with Crippen LogP contribution in [-0.2, 0) is 9.53 Å². The van der Waals surface area contributed by atoms with Crippen LogP contribution in [0.25, 0.3) is 0 Å². The number of benzene rings is 1. The molecule has 0 aromatic heterocycles. The number of esters is 1. The van der Waals surface area contributed by atoms with Gasteiger partial charge in [0.25, 0.3) is 0 Å². The highest BCUT2D eigenvalue weighted by molar-refractivity contribution is 5.71. The molecule has 0 heterocycles. The van der Waals surface area contributed by atoms with Crippen LogP contribution in [-0.4, -0.2) is 43.5 Å². The van der Waals surface area contributed by atoms with Crippen molar-refractivity contribution in [1.82, 2.24) is 5.32 Å². The summed E-state index contributed by atoms with van der Waals surface area (Å²) >= 11 is 0. The van der Waals surface area contributed by atoms with E-state index in [1.807, 2.05) is 32.0 Å². The molecule has 5 nitrogen and oxygen atoms in total. The summed E-state index contributed by atoms with van der Waals surface area (Å²) in [6.07, 6.45) is -0.676. The molecule has 0 bridgehead atoms. The highest BCUT2D eigenvalue weighted by atomic mass is 16.5. The number of aryl methyl sites for hydroxylation is 2. The van der Waals surface area contributed by atoms with Crippen LogP contribution in [0, 0.1) is 13.8 Å². The lowest BCUT2D eigenvalue weighted by Crippen LogP contribution is -2.35. The van der Waals surface area contributed by atoms with Crippen LogP contribution in [0.5, 0.6) is 5.75 Å². The Balaban J connectivity index is 2.26. The summed E-state index contributed by atoms with van der Waals surface area (Å²) < 4.78 is 10.3. The molecule has 0 aliphatic heterocycles. The van der Waals surface area contributed by atoms with E-state index < -0.39 is 6.10 Å². The van der Waals surface area contributed by atoms with Crippen LogP contribution in [0.4, 0.5) is 0 Å². The predicted octanol–water partition coefficient (Wildman–Crippen LogP) is 1.20. The van der Waals surface area contributed by atoms with Gasteiger partial charge in [-0.2, -0.15) is 0 Å². The maximum atomic E-state index is 11.1. The van der Waals surface area contributed by atoms with Gasteiger partial charge in [0.15, 0.2) is 0 Å². The zero-order valence-electron chi connectivity index (χ0n) is 12.3. The van der Waals surface area contributed by atoms with E-state index in [1.165, 1.54) is 5.56 Å². The fourth-order valence-corrected chi connectivity index (χ4v) is 1.76. The van der Waals surface area contributed by atoms with Gasteiger partial charge in [-0.15, -0.1) is 0 Å². The van der Waals surface area contributed by atoms with E-state index in [4.69, 9.17) is 9.47 Å². The van der Waals surface area contributed by atoms with Gasteiger partial charge in [-0.1, -0.05) is 17.7 Å². The van der Waals surface area contributed by atoms with Crippen molar-refractivity contribution in [1.29, 1.82) is 0 Å². The minimum Gasteiger partial charge on any atom is -0.491 e. The van der Waals surface area contributed by atoms with Crippen molar-refractivity contribution in [2.75, 3.05) is 26.3 Å². The topological polar surface area (TPSA) is 67.8 Å². The Morgan fingerprint density at radius 2 is 2.15 bits per heavy atom. The molecule has 0 saturated carbocycles. The molecule has 5 heteroatoms. The molecule has 20 heavy (non-hydrogen) atoms. The second-order valence-corrected chi connectivity index (χ2v) is 4.67. The van der Waals surface area contributed by atoms with E-state index in [9.17, 15) is 9.90 Å². The monoisotopic (exact) mass is 281 g/mol. The predicted molar refractivity (Wildman–Crippen MR) is 76.9 cm³/mol. The fourth-order valence-electron chi connectivity index (χ4n) is 1.76. The molecular weight excluding hydrogens is 258 g/mol. The zero-order valence-corrected chi connectivity index (χ0v) is 12.3. The van der Waals surface area contributed by atoms with Gasteiger partial charge in [0.05, 0.1) is 13.2 Å². The number of aliphatic hydroxyl groups is 1. The van der Waals surface area contributed by atoms with Gasteiger partial charge in [-0.3, -0.25) is 4.79 Å². The number of ether oxygens (including phenoxy) is 2. The minimum absolute atomic E-state index is 0.0917. The number of aliphatic hydroxyl groups excluding tert-OH is 1. The number of nitrogens with one attached hydrogen (secondary N) is 1. The van der Waals surface area contributed by atoms with Gasteiger partial charge in [-0.05, 0) is 32.4 Å². The number of carbonyl (C=O) groups is 1. The van der Waals surface area contributed by atoms with Crippen molar-refractivity contribution < 1.29 is 19.4 Å². The maximum Gasteiger partial charge on any atom is 0.319 e. The Morgan fingerprint density at radius 1 is 1.40 bits per heavy atom. The summed E-state index contributed by atoms with van der Waals surface area (Å²) in [7, 11) is 0. The molecule has 2 N–H and O–H groups in total. The first-order valence-electron chi connectivity index (χ1n) is 6.77. The Labute approximate surface area is 119 Å². The normalized spacial score (nSPS) is 12.0. The van der Waals surface area contributed by atoms with Crippen molar-refractivity contribution in [2.45, 2.75) is 26.9 Å². The molecule has 0 amide bonds. The van der Waals surface area contributed by atoms with E-state index in [0.717, 1.165) is 11.3 Å². The lowest BCUT2D eigenvalue weighted by atomic mass is 10.1. The molecule has 1 aromatic rings. The number of hydrogen-bond acceptors (Lipinski definition) is 5. The molecule has 0 aliphatic rings. The standard InChI is InChI=1S/C15H23NO4/c1-4-19-15(18)9-16-8-13(17)10-20-14-6-5-11(2)7-12(14)3/h5-7,13,16-17H,4,8-10H2,1-3H3. The summed E-state index contributed by atoms with van der Waals surface area (Å²) in [6, 6.07) is 5.89. The van der Waals surface area contributed by atoms with Crippen molar-refractivity contribution in [3.05, 3.63) is 29.3 Å². The molecule has 1 atom stereocenters. The Kier molecular flexibility index (Phi) is 7.04. The largest absolute Gasteiger partial charge is 0.491 e. The average Bonchev–Trinajstić information content (AvgIpc) is 2.38. The van der Waals surface area contributed by atoms with Crippen molar-refractivity contribution >= 4 is 5.97 Å². The molecule has 0 fully saturated rings. The van der Waals surface area contributed by atoms with Crippen LogP contribution in [0.3, 0.4) is 0 Å². The first kappa shape index (κ1) is 16.5. The van der Waals surface area contributed by atoms with Crippen molar-refractivity contribution in [2.24, 2.45) is 0 Å². The van der Waals surface area contributed by atoms with Crippen molar-refractivity contribution in [3.8, 4) is 5.75 Å². The lowest BCUT2D eigenvalue weighted by Gasteiger charge is -2.14. The first-order chi connectivity index (χ1) is 9.52. The zero-order chi connectivity index (χ0) is 15.0. The third-order valence-corrected chi connectivity index (χ3v) is 2.72. The lowest BCUT2D eigenvalue weighted by molar-refractivity contribution is -0.142. The highest BCUT2D eigenvalue weighted by Crippen LogP contribution is 2.18. The van der Waals surface area contributed by atoms with E-state index in [-0.39, 0.29) is 25.7 Å². The molecule has 0 saturated heterocycles. The van der Waals surface area contributed by atoms with Gasteiger partial charge < -0.3 is 19.9 Å². The van der Waals surface area contributed by atoms with Crippen LogP contribution in [0.2, 0.25) is 0 Å². The van der Waals surface area contributed by atoms with Gasteiger partial charge >= 0.3 is 5.97 Å². The number of carbonyl (C=O) groups excluding carboxylic acids is 1. The highest BCUT2D eigenvalue weighted by Gasteiger charge is 2.08. The minimum atomic E-state index is -0.676. The summed E-state index contributed by atoms with van der Waals surface area (Å²) in [4.78, 5) is 11.1. The van der Waals surface area contributed by atoms with Gasteiger partial charge in [0.2, 0.25) is 0 Å². The van der Waals surface area contributed by atoms with Crippen LogP contribution < -0.4 is 10.1 Å². The molecule has 1 rings (SSSR count). The first-order valence-corrected chi connectivity index (χ1v) is 6.77. The van der Waals surface area contributed by atoms with E-state index in [2.05, 4.69) is 5.32 Å². The summed E-state index contributed by atoms with van der Waals surface area (Å²) in [5, 5.41) is 12.6. The van der Waals surface area contributed by atoms with E-state index in [0.29, 0.717) is 6.61 Å². The molecule has 0 spiro atoms. The summed E-state index contributed by atoms with van der Waals surface area (Å²) in [5.41, 5.74) is 2.21. The molecule has 0 aliphatic carbocycles. The van der Waals surface area contributed by atoms with Gasteiger partial charge in [0, 0.05) is 6.54 Å². The Hall–Kier alpha value is -1.59. The average molecular weight is 281 g/mol. The second kappa shape index (κ2) is 8.55. The Morgan fingerprint density at radius 3 is 2.80 bits per heavy atom. The summed E-state index contributed by atoms with van der Waals surface area (Å²) in [6.45, 7) is 6.65. The van der Waals surface area contributed by atoms with Gasteiger partial charge in [-0.25, -0.2) is 0 Å². The molecule has 1 aromatic carbocycles. The van der Waals surface area contributed by atoms with Gasteiger partial charge in [0.1, 0.15) is 18.5 Å². The van der Waals surface area contributed by atoms with Crippen molar-refractivity contribution in [3.63, 3.8) is 0 Å². The third kappa shape index (κ3) is 6.04. The van der Waals surface area contributed by atoms with Crippen LogP contribution in [0.15, 0.2) is 18.2 Å². The fraction of sp³-hybridized carbons (Fsp3) is 0.533. The number of rotatable bonds is 8. The third-order valence-electron chi connectivity index (χ3n) is 2.72. The number of hydrogen-bond donors (Lipinski definition) is 2. The van der Waals surface area contributed by atoms with Crippen LogP contribution in [0.1, 0.15) is 18.1 Å². The summed E-state index contributed by atoms with van der Waals surface area (Å²) in [5.74, 6) is 0.440. The molecule has 0 radical (unpaired) electrons. The Bertz CT molecular complexity index is 434. The quantitative estimate of drug-likeness (QED) is 0.701. The molecular formula is C15H23NO4. The van der Waals surface area contributed by atoms with E-state index >= 15 is 0 Å². The van der Waals surface area contributed by atoms with Crippen LogP contribution >= 0.6 is 0 Å². The SMILES string of the molecule is CCOC(=O)CNCC(O)COc1ccc(C)cc1C.